The SMILES string of the molecule is Cc1ccc(=O)n(CC(=O)N2CCCC(C)C2)n1. The maximum atomic E-state index is 12.1. The van der Waals surface area contributed by atoms with Crippen LogP contribution in [0.25, 0.3) is 0 Å². The number of amides is 1. The molecule has 5 nitrogen and oxygen atoms in total. The molecule has 1 saturated heterocycles. The van der Waals surface area contributed by atoms with Crippen molar-refractivity contribution >= 4 is 5.91 Å². The summed E-state index contributed by atoms with van der Waals surface area (Å²) in [6, 6.07) is 3.11. The van der Waals surface area contributed by atoms with Crippen molar-refractivity contribution in [3.05, 3.63) is 28.2 Å². The molecule has 0 radical (unpaired) electrons. The molecule has 0 aliphatic carbocycles. The predicted octanol–water partition coefficient (Wildman–Crippen LogP) is 0.810. The van der Waals surface area contributed by atoms with Gasteiger partial charge in [-0.1, -0.05) is 6.92 Å². The summed E-state index contributed by atoms with van der Waals surface area (Å²) in [5.74, 6) is 0.534. The Morgan fingerprint density at radius 1 is 1.50 bits per heavy atom. The highest BCUT2D eigenvalue weighted by molar-refractivity contribution is 5.76. The van der Waals surface area contributed by atoms with Gasteiger partial charge in [-0.2, -0.15) is 5.10 Å². The smallest absolute Gasteiger partial charge is 0.267 e. The molecule has 1 aromatic rings. The topological polar surface area (TPSA) is 55.2 Å². The van der Waals surface area contributed by atoms with E-state index < -0.39 is 0 Å². The molecule has 0 N–H and O–H groups in total. The van der Waals surface area contributed by atoms with E-state index in [1.54, 1.807) is 6.07 Å². The van der Waals surface area contributed by atoms with E-state index in [0.29, 0.717) is 5.92 Å². The minimum Gasteiger partial charge on any atom is -0.341 e. The van der Waals surface area contributed by atoms with Crippen molar-refractivity contribution < 1.29 is 4.79 Å². The van der Waals surface area contributed by atoms with Crippen LogP contribution in [-0.2, 0) is 11.3 Å². The van der Waals surface area contributed by atoms with Crippen molar-refractivity contribution in [1.29, 1.82) is 0 Å². The van der Waals surface area contributed by atoms with Crippen LogP contribution in [0.4, 0.5) is 0 Å². The highest BCUT2D eigenvalue weighted by Crippen LogP contribution is 2.15. The Labute approximate surface area is 106 Å². The minimum atomic E-state index is -0.223. The Morgan fingerprint density at radius 2 is 2.28 bits per heavy atom. The normalized spacial score (nSPS) is 19.9. The standard InChI is InChI=1S/C13H19N3O2/c1-10-4-3-7-15(8-10)13(18)9-16-12(17)6-5-11(2)14-16/h5-6,10H,3-4,7-9H2,1-2H3. The molecule has 5 heteroatoms. The number of hydrogen-bond donors (Lipinski definition) is 0. The third-order valence-electron chi connectivity index (χ3n) is 3.29. The van der Waals surface area contributed by atoms with Gasteiger partial charge < -0.3 is 4.90 Å². The van der Waals surface area contributed by atoms with Crippen LogP contribution in [-0.4, -0.2) is 33.7 Å². The molecule has 1 fully saturated rings. The molecular formula is C13H19N3O2. The molecule has 18 heavy (non-hydrogen) atoms. The van der Waals surface area contributed by atoms with Gasteiger partial charge in [0.05, 0.1) is 5.69 Å². The lowest BCUT2D eigenvalue weighted by atomic mass is 10.0. The monoisotopic (exact) mass is 249 g/mol. The lowest BCUT2D eigenvalue weighted by molar-refractivity contribution is -0.133. The number of hydrogen-bond acceptors (Lipinski definition) is 3. The zero-order chi connectivity index (χ0) is 13.1. The van der Waals surface area contributed by atoms with Crippen LogP contribution < -0.4 is 5.56 Å². The molecule has 1 atom stereocenters. The van der Waals surface area contributed by atoms with Crippen LogP contribution in [0.5, 0.6) is 0 Å². The maximum Gasteiger partial charge on any atom is 0.267 e. The van der Waals surface area contributed by atoms with Crippen LogP contribution in [0.3, 0.4) is 0 Å². The van der Waals surface area contributed by atoms with Gasteiger partial charge in [0, 0.05) is 19.2 Å². The van der Waals surface area contributed by atoms with Crippen molar-refractivity contribution in [2.75, 3.05) is 13.1 Å². The molecule has 0 bridgehead atoms. The van der Waals surface area contributed by atoms with Crippen molar-refractivity contribution in [1.82, 2.24) is 14.7 Å². The van der Waals surface area contributed by atoms with E-state index >= 15 is 0 Å². The third kappa shape index (κ3) is 2.97. The van der Waals surface area contributed by atoms with Crippen molar-refractivity contribution in [2.24, 2.45) is 5.92 Å². The molecule has 1 unspecified atom stereocenters. The van der Waals surface area contributed by atoms with Gasteiger partial charge in [-0.25, -0.2) is 4.68 Å². The van der Waals surface area contributed by atoms with Crippen molar-refractivity contribution in [2.45, 2.75) is 33.2 Å². The van der Waals surface area contributed by atoms with Crippen LogP contribution in [0, 0.1) is 12.8 Å². The van der Waals surface area contributed by atoms with E-state index in [9.17, 15) is 9.59 Å². The van der Waals surface area contributed by atoms with Crippen LogP contribution in [0.2, 0.25) is 0 Å². The van der Waals surface area contributed by atoms with Crippen LogP contribution in [0.1, 0.15) is 25.5 Å². The highest BCUT2D eigenvalue weighted by atomic mass is 16.2. The maximum absolute atomic E-state index is 12.1. The molecule has 0 saturated carbocycles. The second kappa shape index (κ2) is 5.33. The summed E-state index contributed by atoms with van der Waals surface area (Å²) in [7, 11) is 0. The molecule has 1 aliphatic heterocycles. The Kier molecular flexibility index (Phi) is 3.79. The molecule has 2 rings (SSSR count). The van der Waals surface area contributed by atoms with E-state index in [1.807, 2.05) is 11.8 Å². The van der Waals surface area contributed by atoms with Crippen molar-refractivity contribution in [3.8, 4) is 0 Å². The number of aryl methyl sites for hydroxylation is 1. The van der Waals surface area contributed by atoms with Crippen LogP contribution >= 0.6 is 0 Å². The number of carbonyl (C=O) groups is 1. The lowest BCUT2D eigenvalue weighted by Gasteiger charge is -2.30. The summed E-state index contributed by atoms with van der Waals surface area (Å²) < 4.78 is 1.25. The quantitative estimate of drug-likeness (QED) is 0.779. The second-order valence-corrected chi connectivity index (χ2v) is 5.06. The molecular weight excluding hydrogens is 230 g/mol. The number of likely N-dealkylation sites (tertiary alicyclic amines) is 1. The molecule has 1 aliphatic rings. The summed E-state index contributed by atoms with van der Waals surface area (Å²) in [5, 5.41) is 4.08. The Bertz CT molecular complexity index is 495. The van der Waals surface area contributed by atoms with Gasteiger partial charge in [0.1, 0.15) is 6.54 Å². The fourth-order valence-corrected chi connectivity index (χ4v) is 2.31. The first-order valence-electron chi connectivity index (χ1n) is 6.39. The largest absolute Gasteiger partial charge is 0.341 e. The lowest BCUT2D eigenvalue weighted by Crippen LogP contribution is -2.42. The number of aromatic nitrogens is 2. The Balaban J connectivity index is 2.06. The number of rotatable bonds is 2. The first kappa shape index (κ1) is 12.8. The van der Waals surface area contributed by atoms with E-state index in [-0.39, 0.29) is 18.0 Å². The summed E-state index contributed by atoms with van der Waals surface area (Å²) in [4.78, 5) is 25.5. The van der Waals surface area contributed by atoms with Gasteiger partial charge in [0.15, 0.2) is 0 Å². The van der Waals surface area contributed by atoms with Gasteiger partial charge in [-0.05, 0) is 31.7 Å². The minimum absolute atomic E-state index is 0.0123. The predicted molar refractivity (Wildman–Crippen MR) is 68.2 cm³/mol. The van der Waals surface area contributed by atoms with Gasteiger partial charge >= 0.3 is 0 Å². The van der Waals surface area contributed by atoms with Crippen molar-refractivity contribution in [3.63, 3.8) is 0 Å². The first-order chi connectivity index (χ1) is 8.56. The Morgan fingerprint density at radius 3 is 3.00 bits per heavy atom. The van der Waals surface area contributed by atoms with E-state index in [4.69, 9.17) is 0 Å². The zero-order valence-corrected chi connectivity index (χ0v) is 10.9. The molecule has 98 valence electrons. The molecule has 0 aromatic carbocycles. The number of carbonyl (C=O) groups excluding carboxylic acids is 1. The number of nitrogens with zero attached hydrogens (tertiary/aromatic N) is 3. The van der Waals surface area contributed by atoms with Gasteiger partial charge in [0.25, 0.3) is 5.56 Å². The molecule has 0 spiro atoms. The van der Waals surface area contributed by atoms with Gasteiger partial charge in [-0.15, -0.1) is 0 Å². The molecule has 1 amide bonds. The third-order valence-corrected chi connectivity index (χ3v) is 3.29. The van der Waals surface area contributed by atoms with E-state index in [0.717, 1.165) is 25.2 Å². The first-order valence-corrected chi connectivity index (χ1v) is 6.39. The Hall–Kier alpha value is -1.65. The van der Waals surface area contributed by atoms with Gasteiger partial charge in [-0.3, -0.25) is 9.59 Å². The fourth-order valence-electron chi connectivity index (χ4n) is 2.31. The number of piperidine rings is 1. The highest BCUT2D eigenvalue weighted by Gasteiger charge is 2.21. The fraction of sp³-hybridized carbons (Fsp3) is 0.615. The molecule has 2 heterocycles. The summed E-state index contributed by atoms with van der Waals surface area (Å²) in [6.45, 7) is 5.59. The summed E-state index contributed by atoms with van der Waals surface area (Å²) in [5.41, 5.74) is 0.522. The summed E-state index contributed by atoms with van der Waals surface area (Å²) in [6.07, 6.45) is 2.22. The van der Waals surface area contributed by atoms with E-state index in [2.05, 4.69) is 12.0 Å². The van der Waals surface area contributed by atoms with Gasteiger partial charge in [0.2, 0.25) is 5.91 Å². The van der Waals surface area contributed by atoms with E-state index in [1.165, 1.54) is 17.2 Å². The average molecular weight is 249 g/mol. The summed E-state index contributed by atoms with van der Waals surface area (Å²) >= 11 is 0. The molecule has 1 aromatic heterocycles. The second-order valence-electron chi connectivity index (χ2n) is 5.06. The van der Waals surface area contributed by atoms with Crippen LogP contribution in [0.15, 0.2) is 16.9 Å². The zero-order valence-electron chi connectivity index (χ0n) is 10.9. The average Bonchev–Trinajstić information content (AvgIpc) is 2.34.